The lowest BCUT2D eigenvalue weighted by Gasteiger charge is -2.15. The number of amides is 1. The number of furan rings is 1. The van der Waals surface area contributed by atoms with Gasteiger partial charge in [-0.3, -0.25) is 9.20 Å². The van der Waals surface area contributed by atoms with Crippen molar-refractivity contribution < 1.29 is 13.6 Å². The van der Waals surface area contributed by atoms with Gasteiger partial charge in [-0.2, -0.15) is 0 Å². The van der Waals surface area contributed by atoms with E-state index in [1.807, 2.05) is 30.4 Å². The lowest BCUT2D eigenvalue weighted by atomic mass is 10.2. The molecule has 3 heterocycles. The Kier molecular flexibility index (Phi) is 5.04. The summed E-state index contributed by atoms with van der Waals surface area (Å²) in [5.74, 6) is 0.0871. The van der Waals surface area contributed by atoms with Crippen molar-refractivity contribution in [2.45, 2.75) is 37.0 Å². The number of aromatic nitrogens is 3. The van der Waals surface area contributed by atoms with Crippen LogP contribution in [-0.2, 0) is 11.2 Å². The van der Waals surface area contributed by atoms with Crippen LogP contribution in [-0.4, -0.2) is 25.8 Å². The van der Waals surface area contributed by atoms with E-state index >= 15 is 0 Å². The van der Waals surface area contributed by atoms with Gasteiger partial charge in [0.2, 0.25) is 5.91 Å². The summed E-state index contributed by atoms with van der Waals surface area (Å²) in [6.07, 6.45) is 2.92. The van der Waals surface area contributed by atoms with Crippen molar-refractivity contribution in [3.05, 3.63) is 54.3 Å². The summed E-state index contributed by atoms with van der Waals surface area (Å²) in [6.45, 7) is 3.92. The predicted octanol–water partition coefficient (Wildman–Crippen LogP) is 4.69. The van der Waals surface area contributed by atoms with Gasteiger partial charge in [0.1, 0.15) is 16.7 Å². The molecule has 0 aliphatic carbocycles. The predicted molar refractivity (Wildman–Crippen MR) is 107 cm³/mol. The standard InChI is InChI=1S/C20H19FN4O2S/c1-3-17(19(26)22-13-8-6-5-7-12(13)21)28-20-15-11-16-14(9-10-27-16)25(15)18(4-2)23-24-20/h5-11,17H,3-4H2,1-2H3,(H,22,26). The number of nitrogens with zero attached hydrogens (tertiary/aromatic N) is 3. The third kappa shape index (κ3) is 3.24. The third-order valence-corrected chi connectivity index (χ3v) is 5.87. The average Bonchev–Trinajstić information content (AvgIpc) is 3.29. The summed E-state index contributed by atoms with van der Waals surface area (Å²) < 4.78 is 21.4. The van der Waals surface area contributed by atoms with Crippen molar-refractivity contribution in [3.63, 3.8) is 0 Å². The zero-order chi connectivity index (χ0) is 19.7. The van der Waals surface area contributed by atoms with Crippen LogP contribution in [0.2, 0.25) is 0 Å². The Morgan fingerprint density at radius 2 is 2.07 bits per heavy atom. The highest BCUT2D eigenvalue weighted by Gasteiger charge is 2.23. The van der Waals surface area contributed by atoms with E-state index in [1.165, 1.54) is 17.8 Å². The van der Waals surface area contributed by atoms with Gasteiger partial charge in [0.15, 0.2) is 5.58 Å². The van der Waals surface area contributed by atoms with Gasteiger partial charge in [-0.25, -0.2) is 4.39 Å². The third-order valence-electron chi connectivity index (χ3n) is 4.52. The molecule has 144 valence electrons. The molecule has 3 aromatic heterocycles. The first kappa shape index (κ1) is 18.5. The maximum absolute atomic E-state index is 13.9. The molecule has 0 radical (unpaired) electrons. The first-order chi connectivity index (χ1) is 13.6. The highest BCUT2D eigenvalue weighted by Crippen LogP contribution is 2.32. The summed E-state index contributed by atoms with van der Waals surface area (Å²) in [5.41, 5.74) is 2.69. The van der Waals surface area contributed by atoms with Crippen LogP contribution in [0.3, 0.4) is 0 Å². The SMILES string of the molecule is CCc1nnc(SC(CC)C(=O)Nc2ccccc2F)c2cc3occc3n12. The van der Waals surface area contributed by atoms with Crippen LogP contribution in [0, 0.1) is 5.82 Å². The van der Waals surface area contributed by atoms with Gasteiger partial charge >= 0.3 is 0 Å². The maximum atomic E-state index is 13.9. The molecule has 0 saturated carbocycles. The van der Waals surface area contributed by atoms with Crippen molar-refractivity contribution in [1.82, 2.24) is 14.6 Å². The Morgan fingerprint density at radius 3 is 2.82 bits per heavy atom. The van der Waals surface area contributed by atoms with Gasteiger partial charge in [0.25, 0.3) is 0 Å². The molecule has 0 saturated heterocycles. The van der Waals surface area contributed by atoms with Gasteiger partial charge < -0.3 is 9.73 Å². The lowest BCUT2D eigenvalue weighted by molar-refractivity contribution is -0.115. The van der Waals surface area contributed by atoms with Crippen LogP contribution in [0.4, 0.5) is 10.1 Å². The van der Waals surface area contributed by atoms with E-state index in [0.29, 0.717) is 17.9 Å². The van der Waals surface area contributed by atoms with E-state index < -0.39 is 11.1 Å². The van der Waals surface area contributed by atoms with E-state index in [2.05, 4.69) is 15.5 Å². The Balaban J connectivity index is 1.66. The molecule has 8 heteroatoms. The fourth-order valence-corrected chi connectivity index (χ4v) is 4.07. The summed E-state index contributed by atoms with van der Waals surface area (Å²) in [7, 11) is 0. The number of thioether (sulfide) groups is 1. The minimum Gasteiger partial charge on any atom is -0.463 e. The molecule has 1 amide bonds. The Morgan fingerprint density at radius 1 is 1.25 bits per heavy atom. The number of carbonyl (C=O) groups excluding carboxylic acids is 1. The Labute approximate surface area is 165 Å². The van der Waals surface area contributed by atoms with E-state index in [-0.39, 0.29) is 11.6 Å². The summed E-state index contributed by atoms with van der Waals surface area (Å²) in [5, 5.41) is 11.5. The van der Waals surface area contributed by atoms with Gasteiger partial charge in [-0.05, 0) is 18.6 Å². The number of hydrogen-bond donors (Lipinski definition) is 1. The number of aryl methyl sites for hydroxylation is 1. The van der Waals surface area contributed by atoms with Crippen molar-refractivity contribution in [2.75, 3.05) is 5.32 Å². The molecule has 0 bridgehead atoms. The minimum atomic E-state index is -0.461. The summed E-state index contributed by atoms with van der Waals surface area (Å²) in [4.78, 5) is 12.7. The number of benzene rings is 1. The van der Waals surface area contributed by atoms with Gasteiger partial charge in [-0.15, -0.1) is 10.2 Å². The largest absolute Gasteiger partial charge is 0.463 e. The van der Waals surface area contributed by atoms with Gasteiger partial charge in [0, 0.05) is 18.6 Å². The first-order valence-electron chi connectivity index (χ1n) is 9.08. The number of hydrogen-bond acceptors (Lipinski definition) is 5. The monoisotopic (exact) mass is 398 g/mol. The molecule has 6 nitrogen and oxygen atoms in total. The van der Waals surface area contributed by atoms with Crippen LogP contribution >= 0.6 is 11.8 Å². The second-order valence-corrected chi connectivity index (χ2v) is 7.49. The quantitative estimate of drug-likeness (QED) is 0.477. The van der Waals surface area contributed by atoms with Crippen LogP contribution < -0.4 is 5.32 Å². The molecule has 0 aliphatic heterocycles. The summed E-state index contributed by atoms with van der Waals surface area (Å²) in [6, 6.07) is 9.92. The Hall–Kier alpha value is -2.87. The van der Waals surface area contributed by atoms with Crippen LogP contribution in [0.5, 0.6) is 0 Å². The lowest BCUT2D eigenvalue weighted by Crippen LogP contribution is -2.25. The van der Waals surface area contributed by atoms with Crippen molar-refractivity contribution >= 4 is 40.0 Å². The number of anilines is 1. The molecule has 1 N–H and O–H groups in total. The first-order valence-corrected chi connectivity index (χ1v) is 9.96. The molecule has 0 spiro atoms. The second kappa shape index (κ2) is 7.63. The normalized spacial score (nSPS) is 12.5. The molecule has 0 aliphatic rings. The minimum absolute atomic E-state index is 0.171. The second-order valence-electron chi connectivity index (χ2n) is 6.29. The van der Waals surface area contributed by atoms with Gasteiger partial charge in [-0.1, -0.05) is 37.7 Å². The van der Waals surface area contributed by atoms with Crippen LogP contribution in [0.15, 0.2) is 52.1 Å². The average molecular weight is 398 g/mol. The number of para-hydroxylation sites is 1. The summed E-state index contributed by atoms with van der Waals surface area (Å²) >= 11 is 1.32. The van der Waals surface area contributed by atoms with Gasteiger partial charge in [0.05, 0.1) is 28.2 Å². The molecular formula is C20H19FN4O2S. The van der Waals surface area contributed by atoms with Crippen molar-refractivity contribution in [2.24, 2.45) is 0 Å². The van der Waals surface area contributed by atoms with Crippen LogP contribution in [0.1, 0.15) is 26.1 Å². The number of halogens is 1. The molecule has 1 atom stereocenters. The van der Waals surface area contributed by atoms with Crippen LogP contribution in [0.25, 0.3) is 16.6 Å². The fourth-order valence-electron chi connectivity index (χ4n) is 3.11. The molecule has 4 rings (SSSR count). The van der Waals surface area contributed by atoms with E-state index in [4.69, 9.17) is 4.42 Å². The highest BCUT2D eigenvalue weighted by molar-refractivity contribution is 8.00. The zero-order valence-electron chi connectivity index (χ0n) is 15.5. The topological polar surface area (TPSA) is 72.4 Å². The smallest absolute Gasteiger partial charge is 0.237 e. The van der Waals surface area contributed by atoms with E-state index in [9.17, 15) is 9.18 Å². The zero-order valence-corrected chi connectivity index (χ0v) is 16.3. The molecule has 1 aromatic carbocycles. The Bertz CT molecular complexity index is 1150. The number of rotatable bonds is 6. The maximum Gasteiger partial charge on any atom is 0.237 e. The van der Waals surface area contributed by atoms with E-state index in [1.54, 1.807) is 24.5 Å². The molecular weight excluding hydrogens is 379 g/mol. The number of carbonyl (C=O) groups is 1. The highest BCUT2D eigenvalue weighted by atomic mass is 32.2. The molecule has 28 heavy (non-hydrogen) atoms. The fraction of sp³-hybridized carbons (Fsp3) is 0.250. The molecule has 0 fully saturated rings. The van der Waals surface area contributed by atoms with E-state index in [0.717, 1.165) is 22.4 Å². The molecule has 4 aromatic rings. The number of fused-ring (bicyclic) bond motifs is 3. The number of nitrogens with one attached hydrogen (secondary N) is 1. The van der Waals surface area contributed by atoms with Crippen molar-refractivity contribution in [1.29, 1.82) is 0 Å². The van der Waals surface area contributed by atoms with Crippen molar-refractivity contribution in [3.8, 4) is 0 Å². The molecule has 1 unspecified atom stereocenters.